The van der Waals surface area contributed by atoms with Gasteiger partial charge in [0.2, 0.25) is 0 Å². The average Bonchev–Trinajstić information content (AvgIpc) is 2.82. The van der Waals surface area contributed by atoms with Crippen LogP contribution in [0.5, 0.6) is 0 Å². The van der Waals surface area contributed by atoms with Crippen LogP contribution in [-0.2, 0) is 11.2 Å². The molecule has 4 nitrogen and oxygen atoms in total. The normalized spacial score (nSPS) is 12.2. The van der Waals surface area contributed by atoms with E-state index in [1.165, 1.54) is 12.1 Å². The van der Waals surface area contributed by atoms with Gasteiger partial charge in [-0.2, -0.15) is 0 Å². The Morgan fingerprint density at radius 1 is 1.38 bits per heavy atom. The molecule has 0 saturated heterocycles. The molecule has 0 radical (unpaired) electrons. The van der Waals surface area contributed by atoms with Crippen LogP contribution in [0.15, 0.2) is 24.4 Å². The quantitative estimate of drug-likeness (QED) is 0.875. The second-order valence-electron chi connectivity index (χ2n) is 4.51. The van der Waals surface area contributed by atoms with E-state index in [1.807, 2.05) is 6.92 Å². The van der Waals surface area contributed by atoms with Gasteiger partial charge in [-0.3, -0.25) is 4.79 Å². The monoisotopic (exact) mass is 344 g/mol. The van der Waals surface area contributed by atoms with Crippen molar-refractivity contribution in [2.24, 2.45) is 0 Å². The van der Waals surface area contributed by atoms with Crippen molar-refractivity contribution in [2.45, 2.75) is 19.4 Å². The van der Waals surface area contributed by atoms with Crippen molar-refractivity contribution in [3.05, 3.63) is 49.9 Å². The number of amides is 1. The molecule has 0 aliphatic carbocycles. The van der Waals surface area contributed by atoms with E-state index in [-0.39, 0.29) is 0 Å². The molecule has 112 valence electrons. The molecule has 2 rings (SSSR count). The minimum atomic E-state index is -1.29. The number of aliphatic hydroxyl groups is 1. The lowest BCUT2D eigenvalue weighted by Gasteiger charge is -2.12. The molecule has 0 spiro atoms. The van der Waals surface area contributed by atoms with Gasteiger partial charge in [0.15, 0.2) is 6.10 Å². The molecule has 1 atom stereocenters. The summed E-state index contributed by atoms with van der Waals surface area (Å²) in [5.74, 6) is -0.485. The average molecular weight is 345 g/mol. The maximum absolute atomic E-state index is 11.9. The van der Waals surface area contributed by atoms with Crippen LogP contribution in [0.3, 0.4) is 0 Å². The van der Waals surface area contributed by atoms with Crippen LogP contribution in [0, 0.1) is 6.92 Å². The van der Waals surface area contributed by atoms with Crippen LogP contribution in [0.1, 0.15) is 21.6 Å². The van der Waals surface area contributed by atoms with Crippen LogP contribution in [0.4, 0.5) is 0 Å². The van der Waals surface area contributed by atoms with Crippen molar-refractivity contribution in [1.29, 1.82) is 0 Å². The van der Waals surface area contributed by atoms with E-state index in [0.717, 1.165) is 9.88 Å². The van der Waals surface area contributed by atoms with Gasteiger partial charge < -0.3 is 10.4 Å². The number of rotatable bonds is 5. The Balaban J connectivity index is 1.90. The lowest BCUT2D eigenvalue weighted by Crippen LogP contribution is -2.31. The first-order chi connectivity index (χ1) is 9.95. The van der Waals surface area contributed by atoms with Crippen LogP contribution in [0.2, 0.25) is 10.0 Å². The summed E-state index contributed by atoms with van der Waals surface area (Å²) in [5.41, 5.74) is 0.370. The van der Waals surface area contributed by atoms with Crippen LogP contribution >= 0.6 is 34.5 Å². The van der Waals surface area contributed by atoms with Gasteiger partial charge in [-0.1, -0.05) is 23.2 Å². The van der Waals surface area contributed by atoms with E-state index in [9.17, 15) is 9.90 Å². The lowest BCUT2D eigenvalue weighted by atomic mass is 10.1. The Hall–Kier alpha value is -1.14. The number of halogens is 2. The molecule has 1 aromatic carbocycles. The van der Waals surface area contributed by atoms with Crippen molar-refractivity contribution < 1.29 is 9.90 Å². The van der Waals surface area contributed by atoms with Crippen molar-refractivity contribution >= 4 is 40.4 Å². The molecule has 0 aliphatic rings. The van der Waals surface area contributed by atoms with Crippen molar-refractivity contribution in [3.63, 3.8) is 0 Å². The number of aliphatic hydroxyl groups excluding tert-OH is 1. The van der Waals surface area contributed by atoms with Gasteiger partial charge in [-0.05, 0) is 30.7 Å². The summed E-state index contributed by atoms with van der Waals surface area (Å²) in [6.07, 6.45) is 1.14. The van der Waals surface area contributed by atoms with Gasteiger partial charge in [-0.25, -0.2) is 4.98 Å². The number of benzene rings is 1. The SMILES string of the molecule is Cc1cnc(CCNC(=O)C(O)c2cc(Cl)cc(Cl)c2)s1. The minimum absolute atomic E-state index is 0.370. The van der Waals surface area contributed by atoms with Crippen molar-refractivity contribution in [1.82, 2.24) is 10.3 Å². The number of aryl methyl sites for hydroxylation is 1. The summed E-state index contributed by atoms with van der Waals surface area (Å²) in [6, 6.07) is 4.58. The van der Waals surface area contributed by atoms with Gasteiger partial charge in [0.1, 0.15) is 0 Å². The van der Waals surface area contributed by atoms with Gasteiger partial charge in [0.25, 0.3) is 5.91 Å². The largest absolute Gasteiger partial charge is 0.378 e. The van der Waals surface area contributed by atoms with Crippen LogP contribution in [0.25, 0.3) is 0 Å². The standard InChI is InChI=1S/C14H14Cl2N2O2S/c1-8-7-18-12(21-8)2-3-17-14(20)13(19)9-4-10(15)6-11(16)5-9/h4-7,13,19H,2-3H2,1H3,(H,17,20). The van der Waals surface area contributed by atoms with Gasteiger partial charge in [0, 0.05) is 34.1 Å². The van der Waals surface area contributed by atoms with Crippen LogP contribution in [-0.4, -0.2) is 22.5 Å². The Labute approximate surface area is 136 Å². The number of nitrogens with zero attached hydrogens (tertiary/aromatic N) is 1. The highest BCUT2D eigenvalue weighted by molar-refractivity contribution is 7.11. The number of aromatic nitrogens is 1. The van der Waals surface area contributed by atoms with E-state index in [4.69, 9.17) is 23.2 Å². The van der Waals surface area contributed by atoms with Crippen molar-refractivity contribution in [2.75, 3.05) is 6.54 Å². The molecule has 7 heteroatoms. The maximum atomic E-state index is 11.9. The molecule has 0 bridgehead atoms. The molecule has 1 amide bonds. The number of hydrogen-bond donors (Lipinski definition) is 2. The highest BCUT2D eigenvalue weighted by atomic mass is 35.5. The molecule has 2 aromatic rings. The third-order valence-corrected chi connectivity index (χ3v) is 4.17. The molecule has 1 unspecified atom stereocenters. The zero-order chi connectivity index (χ0) is 15.4. The fourth-order valence-electron chi connectivity index (χ4n) is 1.79. The van der Waals surface area contributed by atoms with Gasteiger partial charge in [0.05, 0.1) is 5.01 Å². The third kappa shape index (κ3) is 4.68. The molecule has 0 fully saturated rings. The van der Waals surface area contributed by atoms with E-state index in [0.29, 0.717) is 28.6 Å². The Morgan fingerprint density at radius 3 is 2.62 bits per heavy atom. The molecule has 1 heterocycles. The first-order valence-electron chi connectivity index (χ1n) is 6.29. The Morgan fingerprint density at radius 2 is 2.05 bits per heavy atom. The number of carbonyl (C=O) groups is 1. The molecular formula is C14H14Cl2N2O2S. The fourth-order valence-corrected chi connectivity index (χ4v) is 3.12. The topological polar surface area (TPSA) is 62.2 Å². The number of thiazole rings is 1. The molecule has 0 aliphatic heterocycles. The third-order valence-electron chi connectivity index (χ3n) is 2.76. The van der Waals surface area contributed by atoms with E-state index in [2.05, 4.69) is 10.3 Å². The number of carbonyl (C=O) groups excluding carboxylic acids is 1. The summed E-state index contributed by atoms with van der Waals surface area (Å²) in [7, 11) is 0. The lowest BCUT2D eigenvalue weighted by molar-refractivity contribution is -0.129. The van der Waals surface area contributed by atoms with Crippen LogP contribution < -0.4 is 5.32 Å². The molecular weight excluding hydrogens is 331 g/mol. The second kappa shape index (κ2) is 7.22. The smallest absolute Gasteiger partial charge is 0.253 e. The zero-order valence-electron chi connectivity index (χ0n) is 11.3. The van der Waals surface area contributed by atoms with Crippen molar-refractivity contribution in [3.8, 4) is 0 Å². The highest BCUT2D eigenvalue weighted by Crippen LogP contribution is 2.23. The van der Waals surface area contributed by atoms with E-state index in [1.54, 1.807) is 23.6 Å². The van der Waals surface area contributed by atoms with Gasteiger partial charge >= 0.3 is 0 Å². The molecule has 0 saturated carbocycles. The number of hydrogen-bond acceptors (Lipinski definition) is 4. The predicted octanol–water partition coefficient (Wildman–Crippen LogP) is 3.15. The molecule has 2 N–H and O–H groups in total. The van der Waals surface area contributed by atoms with E-state index < -0.39 is 12.0 Å². The Bertz CT molecular complexity index is 625. The summed E-state index contributed by atoms with van der Waals surface area (Å²) in [6.45, 7) is 2.39. The molecule has 21 heavy (non-hydrogen) atoms. The van der Waals surface area contributed by atoms with Gasteiger partial charge in [-0.15, -0.1) is 11.3 Å². The maximum Gasteiger partial charge on any atom is 0.253 e. The summed E-state index contributed by atoms with van der Waals surface area (Å²) in [5, 5.41) is 14.4. The summed E-state index contributed by atoms with van der Waals surface area (Å²) < 4.78 is 0. The predicted molar refractivity (Wildman–Crippen MR) is 85.0 cm³/mol. The minimum Gasteiger partial charge on any atom is -0.378 e. The van der Waals surface area contributed by atoms with E-state index >= 15 is 0 Å². The first-order valence-corrected chi connectivity index (χ1v) is 7.86. The number of nitrogens with one attached hydrogen (secondary N) is 1. The fraction of sp³-hybridized carbons (Fsp3) is 0.286. The summed E-state index contributed by atoms with van der Waals surface area (Å²) >= 11 is 13.3. The highest BCUT2D eigenvalue weighted by Gasteiger charge is 2.18. The zero-order valence-corrected chi connectivity index (χ0v) is 13.6. The summed E-state index contributed by atoms with van der Waals surface area (Å²) in [4.78, 5) is 17.2. The Kier molecular flexibility index (Phi) is 5.58. The molecule has 1 aromatic heterocycles. The second-order valence-corrected chi connectivity index (χ2v) is 6.70. The first kappa shape index (κ1) is 16.2.